The van der Waals surface area contributed by atoms with Gasteiger partial charge < -0.3 is 15.1 Å². The second-order valence-corrected chi connectivity index (χ2v) is 3.47. The number of carbonyl (C=O) groups is 1. The average molecular weight is 187 g/mol. The Balaban J connectivity index is 3.57. The van der Waals surface area contributed by atoms with E-state index in [0.717, 1.165) is 19.6 Å². The number of hydrogen-bond acceptors (Lipinski definition) is 3. The first-order valence-electron chi connectivity index (χ1n) is 4.61. The van der Waals surface area contributed by atoms with Crippen LogP contribution in [0.4, 0.5) is 0 Å². The number of hydrogen-bond donors (Lipinski definition) is 1. The van der Waals surface area contributed by atoms with Gasteiger partial charge >= 0.3 is 0 Å². The van der Waals surface area contributed by atoms with E-state index in [1.165, 1.54) is 0 Å². The Morgan fingerprint density at radius 1 is 1.23 bits per heavy atom. The maximum Gasteiger partial charge on any atom is 0.223 e. The minimum absolute atomic E-state index is 0.205. The molecular formula is C9H21N3O. The fourth-order valence-electron chi connectivity index (χ4n) is 0.897. The lowest BCUT2D eigenvalue weighted by molar-refractivity contribution is -0.129. The summed E-state index contributed by atoms with van der Waals surface area (Å²) in [7, 11) is 7.71. The zero-order chi connectivity index (χ0) is 10.3. The Morgan fingerprint density at radius 2 is 1.85 bits per heavy atom. The summed E-state index contributed by atoms with van der Waals surface area (Å²) in [6.45, 7) is 2.47. The van der Waals surface area contributed by atoms with Gasteiger partial charge in [0.25, 0.3) is 0 Å². The van der Waals surface area contributed by atoms with Gasteiger partial charge in [0, 0.05) is 33.1 Å². The summed E-state index contributed by atoms with van der Waals surface area (Å²) in [5.74, 6) is 0.205. The van der Waals surface area contributed by atoms with Gasteiger partial charge in [-0.25, -0.2) is 0 Å². The van der Waals surface area contributed by atoms with Crippen molar-refractivity contribution in [2.45, 2.75) is 6.42 Å². The first-order chi connectivity index (χ1) is 6.07. The van der Waals surface area contributed by atoms with Crippen LogP contribution in [0.15, 0.2) is 0 Å². The van der Waals surface area contributed by atoms with E-state index in [0.29, 0.717) is 6.42 Å². The maximum atomic E-state index is 11.4. The molecule has 78 valence electrons. The van der Waals surface area contributed by atoms with Gasteiger partial charge in [-0.3, -0.25) is 4.79 Å². The van der Waals surface area contributed by atoms with Gasteiger partial charge in [0.1, 0.15) is 0 Å². The Morgan fingerprint density at radius 3 is 2.31 bits per heavy atom. The molecule has 0 aromatic rings. The van der Waals surface area contributed by atoms with E-state index in [9.17, 15) is 4.79 Å². The van der Waals surface area contributed by atoms with Crippen LogP contribution in [-0.2, 0) is 4.79 Å². The van der Waals surface area contributed by atoms with Crippen LogP contribution >= 0.6 is 0 Å². The Hall–Kier alpha value is -0.610. The van der Waals surface area contributed by atoms with E-state index in [4.69, 9.17) is 0 Å². The average Bonchev–Trinajstić information content (AvgIpc) is 2.10. The topological polar surface area (TPSA) is 35.6 Å². The summed E-state index contributed by atoms with van der Waals surface area (Å²) >= 11 is 0. The molecule has 1 amide bonds. The standard InChI is InChI=1S/C9H21N3O/c1-10-6-5-9(13)12(4)8-7-11(2)3/h10H,5-8H2,1-4H3. The van der Waals surface area contributed by atoms with Gasteiger partial charge in [-0.15, -0.1) is 0 Å². The van der Waals surface area contributed by atoms with Crippen LogP contribution in [-0.4, -0.2) is 63.5 Å². The molecule has 0 aliphatic carbocycles. The van der Waals surface area contributed by atoms with Crippen LogP contribution in [0.25, 0.3) is 0 Å². The van der Waals surface area contributed by atoms with Gasteiger partial charge in [0.15, 0.2) is 0 Å². The number of likely N-dealkylation sites (N-methyl/N-ethyl adjacent to an activating group) is 2. The molecule has 0 spiro atoms. The van der Waals surface area contributed by atoms with Gasteiger partial charge in [-0.1, -0.05) is 0 Å². The molecule has 0 heterocycles. The molecule has 0 aromatic carbocycles. The third-order valence-electron chi connectivity index (χ3n) is 1.90. The second-order valence-electron chi connectivity index (χ2n) is 3.47. The normalized spacial score (nSPS) is 10.5. The van der Waals surface area contributed by atoms with Crippen molar-refractivity contribution in [2.75, 3.05) is 47.8 Å². The van der Waals surface area contributed by atoms with Crippen molar-refractivity contribution in [3.8, 4) is 0 Å². The SMILES string of the molecule is CNCCC(=O)N(C)CCN(C)C. The molecule has 0 aromatic heterocycles. The van der Waals surface area contributed by atoms with Crippen LogP contribution in [0, 0.1) is 0 Å². The molecule has 13 heavy (non-hydrogen) atoms. The fourth-order valence-corrected chi connectivity index (χ4v) is 0.897. The van der Waals surface area contributed by atoms with E-state index in [-0.39, 0.29) is 5.91 Å². The molecule has 0 unspecified atom stereocenters. The van der Waals surface area contributed by atoms with Crippen molar-refractivity contribution in [3.63, 3.8) is 0 Å². The van der Waals surface area contributed by atoms with Crippen LogP contribution in [0.2, 0.25) is 0 Å². The van der Waals surface area contributed by atoms with Gasteiger partial charge in [-0.05, 0) is 21.1 Å². The van der Waals surface area contributed by atoms with E-state index < -0.39 is 0 Å². The first kappa shape index (κ1) is 12.4. The highest BCUT2D eigenvalue weighted by Crippen LogP contribution is 1.89. The quantitative estimate of drug-likeness (QED) is 0.615. The van der Waals surface area contributed by atoms with Gasteiger partial charge in [0.2, 0.25) is 5.91 Å². The predicted molar refractivity (Wildman–Crippen MR) is 54.7 cm³/mol. The van der Waals surface area contributed by atoms with E-state index >= 15 is 0 Å². The highest BCUT2D eigenvalue weighted by Gasteiger charge is 2.06. The summed E-state index contributed by atoms with van der Waals surface area (Å²) in [5, 5.41) is 2.96. The predicted octanol–water partition coefficient (Wildman–Crippen LogP) is -0.384. The maximum absolute atomic E-state index is 11.4. The van der Waals surface area contributed by atoms with Crippen molar-refractivity contribution < 1.29 is 4.79 Å². The van der Waals surface area contributed by atoms with Crippen LogP contribution < -0.4 is 5.32 Å². The van der Waals surface area contributed by atoms with Crippen molar-refractivity contribution in [2.24, 2.45) is 0 Å². The van der Waals surface area contributed by atoms with Crippen LogP contribution in [0.5, 0.6) is 0 Å². The van der Waals surface area contributed by atoms with E-state index in [2.05, 4.69) is 10.2 Å². The summed E-state index contributed by atoms with van der Waals surface area (Å²) in [5.41, 5.74) is 0. The molecule has 0 aliphatic rings. The van der Waals surface area contributed by atoms with Crippen molar-refractivity contribution in [1.82, 2.24) is 15.1 Å². The zero-order valence-electron chi connectivity index (χ0n) is 9.13. The number of carbonyl (C=O) groups excluding carboxylic acids is 1. The largest absolute Gasteiger partial charge is 0.344 e. The monoisotopic (exact) mass is 187 g/mol. The minimum atomic E-state index is 0.205. The smallest absolute Gasteiger partial charge is 0.223 e. The molecule has 1 N–H and O–H groups in total. The lowest BCUT2D eigenvalue weighted by Crippen LogP contribution is -2.34. The summed E-state index contributed by atoms with van der Waals surface area (Å²) in [6, 6.07) is 0. The number of nitrogens with zero attached hydrogens (tertiary/aromatic N) is 2. The highest BCUT2D eigenvalue weighted by molar-refractivity contribution is 5.76. The molecule has 4 nitrogen and oxygen atoms in total. The molecule has 0 saturated carbocycles. The number of rotatable bonds is 6. The lowest BCUT2D eigenvalue weighted by Gasteiger charge is -2.19. The molecule has 0 rings (SSSR count). The Bertz CT molecular complexity index is 148. The second kappa shape index (κ2) is 6.86. The summed E-state index contributed by atoms with van der Waals surface area (Å²) in [4.78, 5) is 15.2. The number of amides is 1. The van der Waals surface area contributed by atoms with Gasteiger partial charge in [-0.2, -0.15) is 0 Å². The van der Waals surface area contributed by atoms with Crippen LogP contribution in [0.1, 0.15) is 6.42 Å². The molecule has 0 bridgehead atoms. The Kier molecular flexibility index (Phi) is 6.54. The van der Waals surface area contributed by atoms with Crippen LogP contribution in [0.3, 0.4) is 0 Å². The lowest BCUT2D eigenvalue weighted by atomic mass is 10.3. The molecular weight excluding hydrogens is 166 g/mol. The first-order valence-corrected chi connectivity index (χ1v) is 4.61. The summed E-state index contributed by atoms with van der Waals surface area (Å²) in [6.07, 6.45) is 0.584. The fraction of sp³-hybridized carbons (Fsp3) is 0.889. The van der Waals surface area contributed by atoms with E-state index in [1.54, 1.807) is 4.90 Å². The molecule has 0 aliphatic heterocycles. The third kappa shape index (κ3) is 6.54. The molecule has 4 heteroatoms. The van der Waals surface area contributed by atoms with Crippen molar-refractivity contribution >= 4 is 5.91 Å². The third-order valence-corrected chi connectivity index (χ3v) is 1.90. The van der Waals surface area contributed by atoms with Crippen molar-refractivity contribution in [3.05, 3.63) is 0 Å². The van der Waals surface area contributed by atoms with E-state index in [1.807, 2.05) is 28.2 Å². The highest BCUT2D eigenvalue weighted by atomic mass is 16.2. The van der Waals surface area contributed by atoms with Gasteiger partial charge in [0.05, 0.1) is 0 Å². The van der Waals surface area contributed by atoms with Crippen molar-refractivity contribution in [1.29, 1.82) is 0 Å². The molecule has 0 fully saturated rings. The minimum Gasteiger partial charge on any atom is -0.344 e. The molecule has 0 radical (unpaired) electrons. The molecule has 0 atom stereocenters. The number of nitrogens with one attached hydrogen (secondary N) is 1. The Labute approximate surface area is 80.9 Å². The molecule has 0 saturated heterocycles. The zero-order valence-corrected chi connectivity index (χ0v) is 9.13. The summed E-state index contributed by atoms with van der Waals surface area (Å²) < 4.78 is 0.